The molecule has 1 atom stereocenters. The molecule has 0 spiro atoms. The van der Waals surface area contributed by atoms with E-state index in [9.17, 15) is 0 Å². The van der Waals surface area contributed by atoms with Gasteiger partial charge >= 0.3 is 0 Å². The fourth-order valence-corrected chi connectivity index (χ4v) is 2.37. The first kappa shape index (κ1) is 13.1. The summed E-state index contributed by atoms with van der Waals surface area (Å²) < 4.78 is 11.0. The Bertz CT molecular complexity index is 521. The number of hydrogen-bond acceptors (Lipinski definition) is 5. The molecule has 106 valence electrons. The highest BCUT2D eigenvalue weighted by atomic mass is 16.5. The van der Waals surface area contributed by atoms with Crippen molar-refractivity contribution in [2.24, 2.45) is 0 Å². The molecule has 20 heavy (non-hydrogen) atoms. The largest absolute Gasteiger partial charge is 0.493 e. The third-order valence-corrected chi connectivity index (χ3v) is 3.47. The number of nitrogens with one attached hydrogen (secondary N) is 1. The third kappa shape index (κ3) is 3.36. The van der Waals surface area contributed by atoms with E-state index in [0.29, 0.717) is 18.9 Å². The molecular weight excluding hydrogens is 254 g/mol. The standard InChI is InChI=1S/C15H19N3O2/c1-2-6-13(7-3-1)19-10-8-14-17-15(20-18-14)12-5-4-9-16-11-12/h1-3,6-7,12,16H,4-5,8-11H2. The zero-order valence-electron chi connectivity index (χ0n) is 11.4. The summed E-state index contributed by atoms with van der Waals surface area (Å²) in [5, 5.41) is 7.38. The van der Waals surface area contributed by atoms with Crippen LogP contribution in [0.3, 0.4) is 0 Å². The molecule has 0 amide bonds. The van der Waals surface area contributed by atoms with Gasteiger partial charge in [-0.3, -0.25) is 0 Å². The summed E-state index contributed by atoms with van der Waals surface area (Å²) in [4.78, 5) is 4.47. The van der Waals surface area contributed by atoms with Gasteiger partial charge in [-0.05, 0) is 31.5 Å². The first-order valence-electron chi connectivity index (χ1n) is 7.13. The van der Waals surface area contributed by atoms with Crippen molar-refractivity contribution in [3.05, 3.63) is 42.0 Å². The maximum atomic E-state index is 5.63. The van der Waals surface area contributed by atoms with Crippen LogP contribution in [0.15, 0.2) is 34.9 Å². The highest BCUT2D eigenvalue weighted by molar-refractivity contribution is 5.20. The van der Waals surface area contributed by atoms with Crippen LogP contribution < -0.4 is 10.1 Å². The van der Waals surface area contributed by atoms with Crippen molar-refractivity contribution in [3.8, 4) is 5.75 Å². The summed E-state index contributed by atoms with van der Waals surface area (Å²) in [7, 11) is 0. The van der Waals surface area contributed by atoms with Crippen molar-refractivity contribution in [1.82, 2.24) is 15.5 Å². The van der Waals surface area contributed by atoms with E-state index in [1.807, 2.05) is 30.3 Å². The van der Waals surface area contributed by atoms with Gasteiger partial charge in [0.15, 0.2) is 5.82 Å². The van der Waals surface area contributed by atoms with Gasteiger partial charge in [0.1, 0.15) is 5.75 Å². The minimum absolute atomic E-state index is 0.361. The van der Waals surface area contributed by atoms with Crippen LogP contribution in [-0.4, -0.2) is 29.8 Å². The molecule has 1 fully saturated rings. The van der Waals surface area contributed by atoms with Gasteiger partial charge in [0.05, 0.1) is 12.5 Å². The number of para-hydroxylation sites is 1. The highest BCUT2D eigenvalue weighted by Crippen LogP contribution is 2.21. The van der Waals surface area contributed by atoms with Crippen LogP contribution in [0, 0.1) is 0 Å². The average Bonchev–Trinajstić information content (AvgIpc) is 2.98. The summed E-state index contributed by atoms with van der Waals surface area (Å²) in [5.74, 6) is 2.71. The molecule has 1 aliphatic heterocycles. The van der Waals surface area contributed by atoms with Gasteiger partial charge in [0.2, 0.25) is 5.89 Å². The predicted molar refractivity (Wildman–Crippen MR) is 74.8 cm³/mol. The number of nitrogens with zero attached hydrogens (tertiary/aromatic N) is 2. The quantitative estimate of drug-likeness (QED) is 0.904. The molecule has 5 heteroatoms. The fourth-order valence-electron chi connectivity index (χ4n) is 2.37. The summed E-state index contributed by atoms with van der Waals surface area (Å²) >= 11 is 0. The molecule has 3 rings (SSSR count). The molecule has 2 heterocycles. The van der Waals surface area contributed by atoms with Crippen LogP contribution in [0.4, 0.5) is 0 Å². The smallest absolute Gasteiger partial charge is 0.231 e. The normalized spacial score (nSPS) is 18.9. The van der Waals surface area contributed by atoms with E-state index in [2.05, 4.69) is 15.5 Å². The van der Waals surface area contributed by atoms with Crippen molar-refractivity contribution < 1.29 is 9.26 Å². The molecule has 1 aromatic heterocycles. The van der Waals surface area contributed by atoms with E-state index in [-0.39, 0.29) is 0 Å². The molecule has 1 aromatic carbocycles. The summed E-state index contributed by atoms with van der Waals surface area (Å²) in [5.41, 5.74) is 0. The first-order valence-corrected chi connectivity index (χ1v) is 7.13. The van der Waals surface area contributed by atoms with E-state index in [1.54, 1.807) is 0 Å². The van der Waals surface area contributed by atoms with Gasteiger partial charge in [-0.15, -0.1) is 0 Å². The Morgan fingerprint density at radius 2 is 2.20 bits per heavy atom. The zero-order chi connectivity index (χ0) is 13.6. The third-order valence-electron chi connectivity index (χ3n) is 3.47. The second kappa shape index (κ2) is 6.52. The van der Waals surface area contributed by atoms with Crippen LogP contribution in [-0.2, 0) is 6.42 Å². The lowest BCUT2D eigenvalue weighted by Crippen LogP contribution is -2.28. The van der Waals surface area contributed by atoms with Crippen molar-refractivity contribution in [1.29, 1.82) is 0 Å². The minimum Gasteiger partial charge on any atom is -0.493 e. The Hall–Kier alpha value is -1.88. The molecule has 0 radical (unpaired) electrons. The van der Waals surface area contributed by atoms with Crippen molar-refractivity contribution in [3.63, 3.8) is 0 Å². The Kier molecular flexibility index (Phi) is 4.28. The van der Waals surface area contributed by atoms with Gasteiger partial charge in [0.25, 0.3) is 0 Å². The second-order valence-electron chi connectivity index (χ2n) is 5.00. The van der Waals surface area contributed by atoms with E-state index >= 15 is 0 Å². The van der Waals surface area contributed by atoms with Crippen LogP contribution in [0.2, 0.25) is 0 Å². The topological polar surface area (TPSA) is 60.2 Å². The monoisotopic (exact) mass is 273 g/mol. The molecule has 0 aliphatic carbocycles. The molecule has 1 unspecified atom stereocenters. The van der Waals surface area contributed by atoms with Crippen LogP contribution in [0.25, 0.3) is 0 Å². The number of benzene rings is 1. The van der Waals surface area contributed by atoms with Gasteiger partial charge in [-0.25, -0.2) is 0 Å². The van der Waals surface area contributed by atoms with E-state index in [1.165, 1.54) is 6.42 Å². The molecule has 1 N–H and O–H groups in total. The van der Waals surface area contributed by atoms with Crippen molar-refractivity contribution in [2.75, 3.05) is 19.7 Å². The molecule has 5 nitrogen and oxygen atoms in total. The Morgan fingerprint density at radius 3 is 3.00 bits per heavy atom. The number of rotatable bonds is 5. The maximum absolute atomic E-state index is 5.63. The second-order valence-corrected chi connectivity index (χ2v) is 5.00. The molecular formula is C15H19N3O2. The fraction of sp³-hybridized carbons (Fsp3) is 0.467. The highest BCUT2D eigenvalue weighted by Gasteiger charge is 2.21. The number of aromatic nitrogens is 2. The number of hydrogen-bond donors (Lipinski definition) is 1. The molecule has 0 bridgehead atoms. The van der Waals surface area contributed by atoms with Gasteiger partial charge in [-0.1, -0.05) is 23.4 Å². The van der Waals surface area contributed by atoms with Gasteiger partial charge < -0.3 is 14.6 Å². The molecule has 1 aliphatic rings. The summed E-state index contributed by atoms with van der Waals surface area (Å²) in [6.07, 6.45) is 2.95. The summed E-state index contributed by atoms with van der Waals surface area (Å²) in [6, 6.07) is 9.76. The molecule has 2 aromatic rings. The lowest BCUT2D eigenvalue weighted by molar-refractivity contribution is 0.306. The number of ether oxygens (including phenoxy) is 1. The predicted octanol–water partition coefficient (Wildman–Crippen LogP) is 2.16. The van der Waals surface area contributed by atoms with Crippen LogP contribution >= 0.6 is 0 Å². The Morgan fingerprint density at radius 1 is 1.30 bits per heavy atom. The van der Waals surface area contributed by atoms with Gasteiger partial charge in [-0.2, -0.15) is 4.98 Å². The van der Waals surface area contributed by atoms with Crippen molar-refractivity contribution in [2.45, 2.75) is 25.2 Å². The molecule has 0 saturated carbocycles. The first-order chi connectivity index (χ1) is 9.92. The minimum atomic E-state index is 0.361. The van der Waals surface area contributed by atoms with Crippen LogP contribution in [0.1, 0.15) is 30.5 Å². The van der Waals surface area contributed by atoms with Gasteiger partial charge in [0, 0.05) is 13.0 Å². The molecule has 1 saturated heterocycles. The SMILES string of the molecule is c1ccc(OCCc2noc(C3CCCNC3)n2)cc1. The number of piperidine rings is 1. The van der Waals surface area contributed by atoms with E-state index in [4.69, 9.17) is 9.26 Å². The Labute approximate surface area is 118 Å². The van der Waals surface area contributed by atoms with E-state index in [0.717, 1.165) is 37.0 Å². The zero-order valence-corrected chi connectivity index (χ0v) is 11.4. The lowest BCUT2D eigenvalue weighted by atomic mass is 10.00. The summed E-state index contributed by atoms with van der Waals surface area (Å²) in [6.45, 7) is 2.58. The maximum Gasteiger partial charge on any atom is 0.231 e. The average molecular weight is 273 g/mol. The Balaban J connectivity index is 1.50. The van der Waals surface area contributed by atoms with Crippen LogP contribution in [0.5, 0.6) is 5.75 Å². The lowest BCUT2D eigenvalue weighted by Gasteiger charge is -2.18. The van der Waals surface area contributed by atoms with E-state index < -0.39 is 0 Å². The van der Waals surface area contributed by atoms with Crippen molar-refractivity contribution >= 4 is 0 Å².